The third-order valence-electron chi connectivity index (χ3n) is 3.18. The summed E-state index contributed by atoms with van der Waals surface area (Å²) in [5, 5.41) is 14.0. The van der Waals surface area contributed by atoms with Crippen LogP contribution in [0, 0.1) is 5.41 Å². The molecule has 7 nitrogen and oxygen atoms in total. The molecular formula is C14H27N3O4. The summed E-state index contributed by atoms with van der Waals surface area (Å²) in [4.78, 5) is 36.7. The van der Waals surface area contributed by atoms with Gasteiger partial charge < -0.3 is 20.6 Å². The lowest BCUT2D eigenvalue weighted by molar-refractivity contribution is -0.141. The molecule has 0 radical (unpaired) electrons. The zero-order valence-corrected chi connectivity index (χ0v) is 13.7. The van der Waals surface area contributed by atoms with E-state index in [4.69, 9.17) is 5.11 Å². The topological polar surface area (TPSA) is 98.7 Å². The van der Waals surface area contributed by atoms with Crippen LogP contribution < -0.4 is 10.6 Å². The Labute approximate surface area is 126 Å². The molecule has 0 fully saturated rings. The van der Waals surface area contributed by atoms with E-state index in [0.717, 1.165) is 0 Å². The van der Waals surface area contributed by atoms with Gasteiger partial charge in [-0.25, -0.2) is 9.59 Å². The second-order valence-corrected chi connectivity index (χ2v) is 5.99. The van der Waals surface area contributed by atoms with Crippen molar-refractivity contribution in [2.45, 2.75) is 53.6 Å². The molecule has 3 N–H and O–H groups in total. The highest BCUT2D eigenvalue weighted by Crippen LogP contribution is 2.19. The van der Waals surface area contributed by atoms with Crippen LogP contribution in [0.1, 0.15) is 41.5 Å². The molecule has 0 saturated heterocycles. The lowest BCUT2D eigenvalue weighted by Crippen LogP contribution is -2.56. The van der Waals surface area contributed by atoms with Crippen molar-refractivity contribution in [2.75, 3.05) is 13.1 Å². The number of nitrogens with one attached hydrogen (secondary N) is 2. The van der Waals surface area contributed by atoms with Crippen molar-refractivity contribution in [1.82, 2.24) is 15.5 Å². The maximum absolute atomic E-state index is 12.0. The molecule has 0 aliphatic rings. The highest BCUT2D eigenvalue weighted by atomic mass is 16.4. The lowest BCUT2D eigenvalue weighted by atomic mass is 9.87. The minimum atomic E-state index is -1.11. The first-order chi connectivity index (χ1) is 9.54. The number of nitrogens with zero attached hydrogens (tertiary/aromatic N) is 1. The fraction of sp³-hybridized carbons (Fsp3) is 0.786. The molecule has 0 saturated carbocycles. The van der Waals surface area contributed by atoms with Crippen molar-refractivity contribution in [3.05, 3.63) is 0 Å². The van der Waals surface area contributed by atoms with Gasteiger partial charge in [-0.15, -0.1) is 0 Å². The summed E-state index contributed by atoms with van der Waals surface area (Å²) >= 11 is 0. The van der Waals surface area contributed by atoms with Crippen LogP contribution in [0.4, 0.5) is 4.79 Å². The van der Waals surface area contributed by atoms with E-state index >= 15 is 0 Å². The summed E-state index contributed by atoms with van der Waals surface area (Å²) in [6.45, 7) is 11.6. The van der Waals surface area contributed by atoms with Gasteiger partial charge in [0.1, 0.15) is 12.1 Å². The zero-order chi connectivity index (χ0) is 16.8. The minimum absolute atomic E-state index is 0.196. The Hall–Kier alpha value is -1.79. The van der Waals surface area contributed by atoms with Gasteiger partial charge in [0.25, 0.3) is 0 Å². The monoisotopic (exact) mass is 301 g/mol. The maximum Gasteiger partial charge on any atom is 0.326 e. The molecule has 0 spiro atoms. The number of carboxylic acid groups (broad SMARTS) is 1. The number of rotatable bonds is 6. The fourth-order valence-corrected chi connectivity index (χ4v) is 1.89. The molecule has 122 valence electrons. The molecule has 7 heteroatoms. The summed E-state index contributed by atoms with van der Waals surface area (Å²) in [5.74, 6) is -1.31. The highest BCUT2D eigenvalue weighted by Gasteiger charge is 2.33. The van der Waals surface area contributed by atoms with Crippen LogP contribution in [0.2, 0.25) is 0 Å². The van der Waals surface area contributed by atoms with E-state index in [1.54, 1.807) is 32.6 Å². The number of carbonyl (C=O) groups excluding carboxylic acids is 2. The second-order valence-electron chi connectivity index (χ2n) is 5.99. The molecule has 0 rings (SSSR count). The Bertz CT molecular complexity index is 386. The summed E-state index contributed by atoms with van der Waals surface area (Å²) in [7, 11) is 0. The Morgan fingerprint density at radius 3 is 1.90 bits per heavy atom. The van der Waals surface area contributed by atoms with Crippen LogP contribution in [-0.4, -0.2) is 53.1 Å². The van der Waals surface area contributed by atoms with Gasteiger partial charge in [0.05, 0.1) is 0 Å². The van der Waals surface area contributed by atoms with Gasteiger partial charge in [-0.3, -0.25) is 4.79 Å². The summed E-state index contributed by atoms with van der Waals surface area (Å²) in [6.07, 6.45) is 0. The first-order valence-electron chi connectivity index (χ1n) is 7.13. The lowest BCUT2D eigenvalue weighted by Gasteiger charge is -2.29. The molecule has 2 atom stereocenters. The van der Waals surface area contributed by atoms with Gasteiger partial charge in [-0.2, -0.15) is 0 Å². The van der Waals surface area contributed by atoms with Crippen molar-refractivity contribution in [2.24, 2.45) is 5.41 Å². The van der Waals surface area contributed by atoms with E-state index in [0.29, 0.717) is 13.1 Å². The normalized spacial score (nSPS) is 14.0. The summed E-state index contributed by atoms with van der Waals surface area (Å²) in [6, 6.07) is -2.40. The Kier molecular flexibility index (Phi) is 7.18. The number of urea groups is 1. The van der Waals surface area contributed by atoms with E-state index in [1.807, 2.05) is 13.8 Å². The molecule has 0 heterocycles. The number of carbonyl (C=O) groups is 3. The van der Waals surface area contributed by atoms with Gasteiger partial charge in [0, 0.05) is 13.1 Å². The number of hydrogen-bond donors (Lipinski definition) is 3. The predicted molar refractivity (Wildman–Crippen MR) is 79.9 cm³/mol. The van der Waals surface area contributed by atoms with E-state index in [2.05, 4.69) is 10.6 Å². The van der Waals surface area contributed by atoms with Crippen LogP contribution in [0.3, 0.4) is 0 Å². The quantitative estimate of drug-likeness (QED) is 0.682. The molecule has 0 bridgehead atoms. The first-order valence-corrected chi connectivity index (χ1v) is 7.13. The highest BCUT2D eigenvalue weighted by molar-refractivity contribution is 5.88. The maximum atomic E-state index is 12.0. The van der Waals surface area contributed by atoms with E-state index in [-0.39, 0.29) is 5.91 Å². The van der Waals surface area contributed by atoms with Gasteiger partial charge in [0.15, 0.2) is 0 Å². The van der Waals surface area contributed by atoms with Crippen LogP contribution in [0.25, 0.3) is 0 Å². The average molecular weight is 301 g/mol. The van der Waals surface area contributed by atoms with Crippen molar-refractivity contribution in [1.29, 1.82) is 0 Å². The van der Waals surface area contributed by atoms with E-state index in [1.165, 1.54) is 0 Å². The van der Waals surface area contributed by atoms with Gasteiger partial charge in [-0.05, 0) is 26.2 Å². The molecule has 0 aromatic heterocycles. The van der Waals surface area contributed by atoms with Crippen LogP contribution in [0.5, 0.6) is 0 Å². The number of hydrogen-bond acceptors (Lipinski definition) is 3. The van der Waals surface area contributed by atoms with Gasteiger partial charge in [-0.1, -0.05) is 20.8 Å². The number of amides is 3. The van der Waals surface area contributed by atoms with Crippen molar-refractivity contribution in [3.8, 4) is 0 Å². The van der Waals surface area contributed by atoms with Crippen LogP contribution in [0.15, 0.2) is 0 Å². The van der Waals surface area contributed by atoms with Crippen molar-refractivity contribution in [3.63, 3.8) is 0 Å². The van der Waals surface area contributed by atoms with E-state index in [9.17, 15) is 14.4 Å². The molecule has 21 heavy (non-hydrogen) atoms. The smallest absolute Gasteiger partial charge is 0.326 e. The third-order valence-corrected chi connectivity index (χ3v) is 3.18. The van der Waals surface area contributed by atoms with Crippen LogP contribution in [-0.2, 0) is 9.59 Å². The summed E-state index contributed by atoms with van der Waals surface area (Å²) in [5.41, 5.74) is -0.630. The Morgan fingerprint density at radius 2 is 1.57 bits per heavy atom. The fourth-order valence-electron chi connectivity index (χ4n) is 1.89. The molecule has 0 aliphatic carbocycles. The minimum Gasteiger partial charge on any atom is -0.480 e. The second kappa shape index (κ2) is 7.85. The van der Waals surface area contributed by atoms with Crippen molar-refractivity contribution >= 4 is 17.9 Å². The SMILES string of the molecule is CCN(CC)C(=O)C(C)NC(=O)N[C@@H](C(=O)O)C(C)(C)C. The van der Waals surface area contributed by atoms with Gasteiger partial charge in [0.2, 0.25) is 5.91 Å². The summed E-state index contributed by atoms with van der Waals surface area (Å²) < 4.78 is 0. The van der Waals surface area contributed by atoms with Crippen molar-refractivity contribution < 1.29 is 19.5 Å². The first kappa shape index (κ1) is 19.2. The molecule has 3 amide bonds. The van der Waals surface area contributed by atoms with Gasteiger partial charge >= 0.3 is 12.0 Å². The number of likely N-dealkylation sites (N-methyl/N-ethyl adjacent to an activating group) is 1. The Balaban J connectivity index is 4.68. The largest absolute Gasteiger partial charge is 0.480 e. The number of aliphatic carboxylic acids is 1. The van der Waals surface area contributed by atoms with E-state index < -0.39 is 29.5 Å². The van der Waals surface area contributed by atoms with Crippen LogP contribution >= 0.6 is 0 Å². The average Bonchev–Trinajstić information content (AvgIpc) is 2.35. The predicted octanol–water partition coefficient (Wildman–Crippen LogP) is 1.04. The third kappa shape index (κ3) is 6.01. The zero-order valence-electron chi connectivity index (χ0n) is 13.7. The molecule has 0 aromatic rings. The molecular weight excluding hydrogens is 274 g/mol. The molecule has 0 aromatic carbocycles. The molecule has 0 aliphatic heterocycles. The Morgan fingerprint density at radius 1 is 1.10 bits per heavy atom. The molecule has 1 unspecified atom stereocenters. The standard InChI is InChI=1S/C14H27N3O4/c1-7-17(8-2)11(18)9(3)15-13(21)16-10(12(19)20)14(4,5)6/h9-10H,7-8H2,1-6H3,(H,19,20)(H2,15,16,21)/t9?,10-/m0/s1. The number of carboxylic acids is 1.